The largest absolute Gasteiger partial charge is 0.465 e. The van der Waals surface area contributed by atoms with Crippen LogP contribution in [0.1, 0.15) is 66.6 Å². The summed E-state index contributed by atoms with van der Waals surface area (Å²) in [5, 5.41) is -1.28. The summed E-state index contributed by atoms with van der Waals surface area (Å²) in [6.45, 7) is 9.67. The van der Waals surface area contributed by atoms with Gasteiger partial charge < -0.3 is 4.74 Å². The van der Waals surface area contributed by atoms with Crippen molar-refractivity contribution < 1.29 is 18.9 Å². The molecule has 1 aromatic carbocycles. The highest BCUT2D eigenvalue weighted by atomic mass is 31.1. The van der Waals surface area contributed by atoms with Crippen LogP contribution in [-0.2, 0) is 14.1 Å². The van der Waals surface area contributed by atoms with Crippen LogP contribution in [0.25, 0.3) is 0 Å². The van der Waals surface area contributed by atoms with Gasteiger partial charge >= 0.3 is 5.97 Å². The van der Waals surface area contributed by atoms with Crippen LogP contribution in [-0.4, -0.2) is 23.5 Å². The second-order valence-electron chi connectivity index (χ2n) is 6.32. The number of carbonyl (C=O) groups excluding carboxylic acids is 2. The lowest BCUT2D eigenvalue weighted by atomic mass is 9.88. The lowest BCUT2D eigenvalue weighted by Crippen LogP contribution is -2.37. The molecule has 4 nitrogen and oxygen atoms in total. The van der Waals surface area contributed by atoms with Gasteiger partial charge in [-0.15, -0.1) is 0 Å². The number of benzene rings is 1. The summed E-state index contributed by atoms with van der Waals surface area (Å²) >= 11 is 0. The van der Waals surface area contributed by atoms with E-state index in [1.807, 2.05) is 39.8 Å². The maximum absolute atomic E-state index is 12.9. The lowest BCUT2D eigenvalue weighted by molar-refractivity contribution is -0.146. The molecule has 0 saturated carbocycles. The highest BCUT2D eigenvalue weighted by Gasteiger charge is 2.43. The zero-order valence-corrected chi connectivity index (χ0v) is 16.2. The standard InChI is InChI=1S/C19H27O4P/c1-6-8-9-19(24-22,18(21)23-7-2)12-16(20)17-14(4)10-13(3)11-15(17)5/h10-11H,6-9,12H2,1-5H3. The number of rotatable bonds is 9. The number of Topliss-reactive ketones (excluding diaryl/α,β-unsaturated/α-hetero) is 1. The minimum Gasteiger partial charge on any atom is -0.465 e. The number of carbonyl (C=O) groups is 2. The zero-order valence-electron chi connectivity index (χ0n) is 15.3. The van der Waals surface area contributed by atoms with Crippen molar-refractivity contribution >= 4 is 20.2 Å². The van der Waals surface area contributed by atoms with Crippen LogP contribution < -0.4 is 0 Å². The molecule has 0 aliphatic heterocycles. The summed E-state index contributed by atoms with van der Waals surface area (Å²) in [6, 6.07) is 3.90. The van der Waals surface area contributed by atoms with Crippen LogP contribution in [0.5, 0.6) is 0 Å². The van der Waals surface area contributed by atoms with Gasteiger partial charge in [0.25, 0.3) is 0 Å². The fourth-order valence-corrected chi connectivity index (χ4v) is 3.68. The van der Waals surface area contributed by atoms with E-state index >= 15 is 0 Å². The third-order valence-corrected chi connectivity index (χ3v) is 5.10. The van der Waals surface area contributed by atoms with Crippen molar-refractivity contribution in [3.63, 3.8) is 0 Å². The van der Waals surface area contributed by atoms with Gasteiger partial charge in [-0.2, -0.15) is 0 Å². The van der Waals surface area contributed by atoms with Crippen LogP contribution in [0.2, 0.25) is 0 Å². The predicted octanol–water partition coefficient (Wildman–Crippen LogP) is 4.97. The monoisotopic (exact) mass is 350 g/mol. The Morgan fingerprint density at radius 3 is 2.17 bits per heavy atom. The van der Waals surface area contributed by atoms with Crippen LogP contribution >= 0.6 is 8.46 Å². The lowest BCUT2D eigenvalue weighted by Gasteiger charge is -2.24. The van der Waals surface area contributed by atoms with E-state index in [9.17, 15) is 14.2 Å². The Morgan fingerprint density at radius 1 is 1.12 bits per heavy atom. The minimum atomic E-state index is -1.28. The molecule has 1 rings (SSSR count). The van der Waals surface area contributed by atoms with Gasteiger partial charge in [-0.25, -0.2) is 0 Å². The molecule has 0 radical (unpaired) electrons. The van der Waals surface area contributed by atoms with Gasteiger partial charge in [0, 0.05) is 12.0 Å². The van der Waals surface area contributed by atoms with Crippen LogP contribution in [0.4, 0.5) is 0 Å². The molecule has 1 atom stereocenters. The molecular formula is C19H27O4P. The molecule has 0 heterocycles. The van der Waals surface area contributed by atoms with Crippen molar-refractivity contribution in [2.24, 2.45) is 0 Å². The Kier molecular flexibility index (Phi) is 7.75. The summed E-state index contributed by atoms with van der Waals surface area (Å²) in [5.41, 5.74) is 3.47. The Bertz CT molecular complexity index is 601. The number of ether oxygens (including phenoxy) is 1. The molecule has 0 aromatic heterocycles. The minimum absolute atomic E-state index is 0.0956. The van der Waals surface area contributed by atoms with Crippen molar-refractivity contribution in [1.29, 1.82) is 0 Å². The number of hydrogen-bond acceptors (Lipinski definition) is 4. The van der Waals surface area contributed by atoms with Crippen LogP contribution in [0, 0.1) is 20.8 Å². The molecule has 0 amide bonds. The second-order valence-corrected chi connectivity index (χ2v) is 7.36. The SMILES string of the molecule is CCCCC(CC(=O)c1c(C)cc(C)cc1C)(P=O)C(=O)OCC. The first kappa shape index (κ1) is 20.5. The average Bonchev–Trinajstić information content (AvgIpc) is 2.50. The number of esters is 1. The van der Waals surface area contributed by atoms with Gasteiger partial charge in [-0.1, -0.05) is 37.5 Å². The van der Waals surface area contributed by atoms with Crippen molar-refractivity contribution in [2.75, 3.05) is 6.61 Å². The summed E-state index contributed by atoms with van der Waals surface area (Å²) in [7, 11) is -0.350. The van der Waals surface area contributed by atoms with Gasteiger partial charge in [-0.3, -0.25) is 14.2 Å². The summed E-state index contributed by atoms with van der Waals surface area (Å²) in [5.74, 6) is -0.705. The molecule has 132 valence electrons. The van der Waals surface area contributed by atoms with Crippen molar-refractivity contribution in [3.05, 3.63) is 34.4 Å². The first-order chi connectivity index (χ1) is 11.3. The predicted molar refractivity (Wildman–Crippen MR) is 96.1 cm³/mol. The van der Waals surface area contributed by atoms with E-state index in [0.29, 0.717) is 18.4 Å². The van der Waals surface area contributed by atoms with Crippen LogP contribution in [0.15, 0.2) is 12.1 Å². The maximum atomic E-state index is 12.9. The van der Waals surface area contributed by atoms with E-state index in [2.05, 4.69) is 0 Å². The molecule has 24 heavy (non-hydrogen) atoms. The van der Waals surface area contributed by atoms with E-state index < -0.39 is 11.1 Å². The molecule has 0 N–H and O–H groups in total. The van der Waals surface area contributed by atoms with Crippen LogP contribution in [0.3, 0.4) is 0 Å². The zero-order chi connectivity index (χ0) is 18.3. The smallest absolute Gasteiger partial charge is 0.324 e. The molecule has 5 heteroatoms. The Labute approximate surface area is 146 Å². The first-order valence-corrected chi connectivity index (χ1v) is 9.25. The number of unbranched alkanes of at least 4 members (excludes halogenated alkanes) is 1. The highest BCUT2D eigenvalue weighted by Crippen LogP contribution is 2.36. The normalized spacial score (nSPS) is 13.5. The first-order valence-electron chi connectivity index (χ1n) is 8.44. The molecule has 0 saturated heterocycles. The van der Waals surface area contributed by atoms with Gasteiger partial charge in [-0.05, 0) is 45.2 Å². The molecule has 0 spiro atoms. The fraction of sp³-hybridized carbons (Fsp3) is 0.579. The third-order valence-electron chi connectivity index (χ3n) is 4.18. The molecule has 1 unspecified atom stereocenters. The molecule has 1 aromatic rings. The third kappa shape index (κ3) is 4.73. The van der Waals surface area contributed by atoms with E-state index in [1.54, 1.807) is 6.92 Å². The summed E-state index contributed by atoms with van der Waals surface area (Å²) < 4.78 is 17.0. The molecule has 0 aliphatic carbocycles. The highest BCUT2D eigenvalue weighted by molar-refractivity contribution is 7.28. The Balaban J connectivity index is 3.20. The molecule has 0 fully saturated rings. The van der Waals surface area contributed by atoms with Crippen molar-refractivity contribution in [3.8, 4) is 0 Å². The Hall–Kier alpha value is -1.54. The second kappa shape index (κ2) is 9.08. The molecular weight excluding hydrogens is 323 g/mol. The number of aryl methyl sites for hydroxylation is 3. The van der Waals surface area contributed by atoms with Gasteiger partial charge in [0.05, 0.1) is 6.61 Å². The van der Waals surface area contributed by atoms with E-state index in [1.165, 1.54) is 0 Å². The van der Waals surface area contributed by atoms with Crippen molar-refractivity contribution in [2.45, 2.75) is 65.5 Å². The maximum Gasteiger partial charge on any atom is 0.324 e. The average molecular weight is 350 g/mol. The number of ketones is 1. The van der Waals surface area contributed by atoms with Gasteiger partial charge in [0.1, 0.15) is 0 Å². The van der Waals surface area contributed by atoms with E-state index in [4.69, 9.17) is 4.74 Å². The van der Waals surface area contributed by atoms with Crippen molar-refractivity contribution in [1.82, 2.24) is 0 Å². The Morgan fingerprint density at radius 2 is 1.71 bits per heavy atom. The van der Waals surface area contributed by atoms with Gasteiger partial charge in [0.2, 0.25) is 0 Å². The fourth-order valence-electron chi connectivity index (χ4n) is 3.09. The molecule has 0 aliphatic rings. The topological polar surface area (TPSA) is 60.4 Å². The summed E-state index contributed by atoms with van der Waals surface area (Å²) in [4.78, 5) is 25.3. The van der Waals surface area contributed by atoms with E-state index in [0.717, 1.165) is 23.1 Å². The summed E-state index contributed by atoms with van der Waals surface area (Å²) in [6.07, 6.45) is 1.85. The van der Waals surface area contributed by atoms with E-state index in [-0.39, 0.29) is 27.3 Å². The number of hydrogen-bond donors (Lipinski definition) is 0. The quantitative estimate of drug-likeness (QED) is 0.358. The van der Waals surface area contributed by atoms with Gasteiger partial charge in [0.15, 0.2) is 19.4 Å². The molecule has 0 bridgehead atoms.